The first-order valence-corrected chi connectivity index (χ1v) is 6.96. The number of ether oxygens (including phenoxy) is 1. The number of nitrogens with one attached hydrogen (secondary N) is 1. The molecule has 1 N–H and O–H groups in total. The number of rotatable bonds is 4. The van der Waals surface area contributed by atoms with Crippen LogP contribution in [0.15, 0.2) is 29.6 Å². The highest BCUT2D eigenvalue weighted by Crippen LogP contribution is 2.26. The van der Waals surface area contributed by atoms with Gasteiger partial charge in [-0.15, -0.1) is 22.9 Å². The molecule has 1 heterocycles. The molecule has 0 spiro atoms. The molecule has 0 aliphatic heterocycles. The molecule has 0 saturated carbocycles. The van der Waals surface area contributed by atoms with Gasteiger partial charge in [-0.05, 0) is 31.2 Å². The standard InChI is InChI=1S/C13H13ClN2O2S/c1-8(14)12(17)16-13-15-11(7-19-13)9-3-5-10(18-2)6-4-9/h3-8H,1-2H3,(H,15,16,17). The normalized spacial score (nSPS) is 11.9. The summed E-state index contributed by atoms with van der Waals surface area (Å²) in [5, 5.41) is 4.52. The van der Waals surface area contributed by atoms with E-state index in [1.54, 1.807) is 14.0 Å². The van der Waals surface area contributed by atoms with Gasteiger partial charge < -0.3 is 10.1 Å². The number of carbonyl (C=O) groups excluding carboxylic acids is 1. The summed E-state index contributed by atoms with van der Waals surface area (Å²) >= 11 is 7.05. The summed E-state index contributed by atoms with van der Waals surface area (Å²) in [6.07, 6.45) is 0. The summed E-state index contributed by atoms with van der Waals surface area (Å²) in [5.74, 6) is 0.542. The second kappa shape index (κ2) is 6.04. The van der Waals surface area contributed by atoms with Crippen molar-refractivity contribution in [2.75, 3.05) is 12.4 Å². The molecule has 6 heteroatoms. The van der Waals surface area contributed by atoms with Crippen LogP contribution in [-0.2, 0) is 4.79 Å². The lowest BCUT2D eigenvalue weighted by Gasteiger charge is -2.02. The predicted molar refractivity (Wildman–Crippen MR) is 78.0 cm³/mol. The van der Waals surface area contributed by atoms with Crippen molar-refractivity contribution in [2.24, 2.45) is 0 Å². The zero-order valence-electron chi connectivity index (χ0n) is 10.5. The minimum Gasteiger partial charge on any atom is -0.497 e. The molecule has 1 aromatic carbocycles. The van der Waals surface area contributed by atoms with Crippen LogP contribution in [0.2, 0.25) is 0 Å². The molecule has 0 radical (unpaired) electrons. The topological polar surface area (TPSA) is 51.2 Å². The first kappa shape index (κ1) is 13.8. The minimum absolute atomic E-state index is 0.253. The van der Waals surface area contributed by atoms with Gasteiger partial charge in [0, 0.05) is 10.9 Å². The fourth-order valence-corrected chi connectivity index (χ4v) is 2.21. The number of benzene rings is 1. The van der Waals surface area contributed by atoms with Gasteiger partial charge in [-0.3, -0.25) is 4.79 Å². The second-order valence-electron chi connectivity index (χ2n) is 3.87. The number of nitrogens with zero attached hydrogens (tertiary/aromatic N) is 1. The van der Waals surface area contributed by atoms with Gasteiger partial charge in [-0.25, -0.2) is 4.98 Å². The Bertz CT molecular complexity index is 566. The summed E-state index contributed by atoms with van der Waals surface area (Å²) in [4.78, 5) is 15.8. The van der Waals surface area contributed by atoms with E-state index in [1.807, 2.05) is 29.6 Å². The lowest BCUT2D eigenvalue weighted by atomic mass is 10.2. The molecule has 4 nitrogen and oxygen atoms in total. The highest BCUT2D eigenvalue weighted by Gasteiger charge is 2.12. The van der Waals surface area contributed by atoms with E-state index >= 15 is 0 Å². The van der Waals surface area contributed by atoms with Crippen molar-refractivity contribution >= 4 is 34.0 Å². The second-order valence-corrected chi connectivity index (χ2v) is 5.38. The number of alkyl halides is 1. The monoisotopic (exact) mass is 296 g/mol. The highest BCUT2D eigenvalue weighted by atomic mass is 35.5. The van der Waals surface area contributed by atoms with Crippen LogP contribution >= 0.6 is 22.9 Å². The summed E-state index contributed by atoms with van der Waals surface area (Å²) in [5.41, 5.74) is 1.78. The van der Waals surface area contributed by atoms with Gasteiger partial charge in [-0.1, -0.05) is 0 Å². The first-order chi connectivity index (χ1) is 9.10. The molecule has 0 aliphatic rings. The fourth-order valence-electron chi connectivity index (χ4n) is 1.43. The van der Waals surface area contributed by atoms with Crippen molar-refractivity contribution in [3.63, 3.8) is 0 Å². The van der Waals surface area contributed by atoms with Crippen molar-refractivity contribution in [1.82, 2.24) is 4.98 Å². The Morgan fingerprint density at radius 2 is 2.11 bits per heavy atom. The third kappa shape index (κ3) is 3.45. The molecule has 2 rings (SSSR count). The van der Waals surface area contributed by atoms with Crippen LogP contribution in [0.5, 0.6) is 5.75 Å². The molecular weight excluding hydrogens is 284 g/mol. The molecule has 100 valence electrons. The third-order valence-electron chi connectivity index (χ3n) is 2.48. The number of halogens is 1. The number of amides is 1. The Labute approximate surface area is 120 Å². The van der Waals surface area contributed by atoms with E-state index in [1.165, 1.54) is 11.3 Å². The van der Waals surface area contributed by atoms with Crippen molar-refractivity contribution in [3.8, 4) is 17.0 Å². The quantitative estimate of drug-likeness (QED) is 0.880. The number of thiazole rings is 1. The average Bonchev–Trinajstić information content (AvgIpc) is 2.87. The highest BCUT2D eigenvalue weighted by molar-refractivity contribution is 7.14. The Hall–Kier alpha value is -1.59. The van der Waals surface area contributed by atoms with Gasteiger partial charge in [0.2, 0.25) is 5.91 Å². The minimum atomic E-state index is -0.576. The summed E-state index contributed by atoms with van der Waals surface area (Å²) < 4.78 is 5.10. The van der Waals surface area contributed by atoms with Gasteiger partial charge in [0.15, 0.2) is 5.13 Å². The molecule has 1 unspecified atom stereocenters. The Morgan fingerprint density at radius 1 is 1.42 bits per heavy atom. The van der Waals surface area contributed by atoms with Crippen molar-refractivity contribution in [3.05, 3.63) is 29.6 Å². The molecule has 1 aromatic heterocycles. The molecule has 1 atom stereocenters. The molecule has 0 saturated heterocycles. The smallest absolute Gasteiger partial charge is 0.243 e. The Balaban J connectivity index is 2.13. The zero-order valence-corrected chi connectivity index (χ0v) is 12.1. The van der Waals surface area contributed by atoms with Crippen LogP contribution in [0.1, 0.15) is 6.92 Å². The maximum atomic E-state index is 11.4. The van der Waals surface area contributed by atoms with Crippen molar-refractivity contribution < 1.29 is 9.53 Å². The van der Waals surface area contributed by atoms with Gasteiger partial charge in [0.25, 0.3) is 0 Å². The molecule has 2 aromatic rings. The van der Waals surface area contributed by atoms with E-state index in [9.17, 15) is 4.79 Å². The number of aromatic nitrogens is 1. The number of methoxy groups -OCH3 is 1. The lowest BCUT2D eigenvalue weighted by Crippen LogP contribution is -2.20. The van der Waals surface area contributed by atoms with E-state index in [0.717, 1.165) is 17.0 Å². The number of hydrogen-bond donors (Lipinski definition) is 1. The number of anilines is 1. The summed E-state index contributed by atoms with van der Waals surface area (Å²) in [7, 11) is 1.62. The summed E-state index contributed by atoms with van der Waals surface area (Å²) in [6, 6.07) is 7.58. The van der Waals surface area contributed by atoms with Crippen LogP contribution in [-0.4, -0.2) is 23.4 Å². The van der Waals surface area contributed by atoms with Gasteiger partial charge >= 0.3 is 0 Å². The van der Waals surface area contributed by atoms with E-state index in [2.05, 4.69) is 10.3 Å². The largest absolute Gasteiger partial charge is 0.497 e. The van der Waals surface area contributed by atoms with Crippen LogP contribution in [0, 0.1) is 0 Å². The van der Waals surface area contributed by atoms with Gasteiger partial charge in [-0.2, -0.15) is 0 Å². The lowest BCUT2D eigenvalue weighted by molar-refractivity contribution is -0.115. The molecular formula is C13H13ClN2O2S. The Morgan fingerprint density at radius 3 is 2.68 bits per heavy atom. The predicted octanol–water partition coefficient (Wildman–Crippen LogP) is 3.38. The maximum absolute atomic E-state index is 11.4. The fraction of sp³-hybridized carbons (Fsp3) is 0.231. The summed E-state index contributed by atoms with van der Waals surface area (Å²) in [6.45, 7) is 1.62. The van der Waals surface area contributed by atoms with Crippen LogP contribution in [0.4, 0.5) is 5.13 Å². The third-order valence-corrected chi connectivity index (χ3v) is 3.44. The average molecular weight is 297 g/mol. The van der Waals surface area contributed by atoms with E-state index in [4.69, 9.17) is 16.3 Å². The first-order valence-electron chi connectivity index (χ1n) is 5.65. The van der Waals surface area contributed by atoms with E-state index < -0.39 is 5.38 Å². The molecule has 1 amide bonds. The van der Waals surface area contributed by atoms with Crippen molar-refractivity contribution in [1.29, 1.82) is 0 Å². The molecule has 0 fully saturated rings. The van der Waals surface area contributed by atoms with Crippen LogP contribution < -0.4 is 10.1 Å². The van der Waals surface area contributed by atoms with Gasteiger partial charge in [0.05, 0.1) is 12.8 Å². The van der Waals surface area contributed by atoms with E-state index in [0.29, 0.717) is 5.13 Å². The SMILES string of the molecule is COc1ccc(-c2csc(NC(=O)C(C)Cl)n2)cc1. The van der Waals surface area contributed by atoms with Crippen LogP contribution in [0.25, 0.3) is 11.3 Å². The maximum Gasteiger partial charge on any atom is 0.243 e. The van der Waals surface area contributed by atoms with E-state index in [-0.39, 0.29) is 5.91 Å². The number of carbonyl (C=O) groups is 1. The van der Waals surface area contributed by atoms with Crippen molar-refractivity contribution in [2.45, 2.75) is 12.3 Å². The van der Waals surface area contributed by atoms with Gasteiger partial charge in [0.1, 0.15) is 11.1 Å². The molecule has 19 heavy (non-hydrogen) atoms. The van der Waals surface area contributed by atoms with Crippen LogP contribution in [0.3, 0.4) is 0 Å². The molecule has 0 aliphatic carbocycles. The zero-order chi connectivity index (χ0) is 13.8. The molecule has 0 bridgehead atoms. The Kier molecular flexibility index (Phi) is 4.39. The number of hydrogen-bond acceptors (Lipinski definition) is 4.